The molecule has 3 atom stereocenters. The average molecular weight is 236 g/mol. The van der Waals surface area contributed by atoms with Crippen molar-refractivity contribution in [2.75, 3.05) is 0 Å². The van der Waals surface area contributed by atoms with Gasteiger partial charge in [0, 0.05) is 6.08 Å². The van der Waals surface area contributed by atoms with Crippen molar-refractivity contribution in [3.05, 3.63) is 12.7 Å². The van der Waals surface area contributed by atoms with E-state index in [-0.39, 0.29) is 0 Å². The first-order valence-corrected chi connectivity index (χ1v) is 6.54. The second-order valence-electron chi connectivity index (χ2n) is 6.31. The first kappa shape index (κ1) is 11.3. The van der Waals surface area contributed by atoms with Crippen molar-refractivity contribution in [2.24, 2.45) is 17.8 Å². The molecule has 4 saturated carbocycles. The molecule has 94 valence electrons. The predicted octanol–water partition coefficient (Wildman–Crippen LogP) is 2.05. The summed E-state index contributed by atoms with van der Waals surface area (Å²) in [6.07, 6.45) is 6.29. The van der Waals surface area contributed by atoms with Crippen LogP contribution in [0.2, 0.25) is 0 Å². The standard InChI is InChI=1S/C14H20O3/c1-3-12(15)17-14-7-9-4-10(8-14)6-11(5-9)13(14,2)16/h3,9-11,16H,1,4-8H2,2H3. The van der Waals surface area contributed by atoms with Gasteiger partial charge in [-0.15, -0.1) is 0 Å². The second kappa shape index (κ2) is 3.35. The van der Waals surface area contributed by atoms with E-state index < -0.39 is 17.2 Å². The minimum Gasteiger partial charge on any atom is -0.453 e. The molecule has 0 aromatic heterocycles. The second-order valence-corrected chi connectivity index (χ2v) is 6.31. The van der Waals surface area contributed by atoms with E-state index in [1.807, 2.05) is 6.92 Å². The summed E-state index contributed by atoms with van der Waals surface area (Å²) < 4.78 is 5.61. The highest BCUT2D eigenvalue weighted by Gasteiger charge is 2.65. The van der Waals surface area contributed by atoms with Crippen molar-refractivity contribution < 1.29 is 14.6 Å². The molecule has 4 aliphatic rings. The van der Waals surface area contributed by atoms with Gasteiger partial charge in [0.15, 0.2) is 0 Å². The molecule has 4 fully saturated rings. The highest BCUT2D eigenvalue weighted by molar-refractivity contribution is 5.81. The maximum absolute atomic E-state index is 11.5. The van der Waals surface area contributed by atoms with Gasteiger partial charge >= 0.3 is 5.97 Å². The lowest BCUT2D eigenvalue weighted by Crippen LogP contribution is -2.68. The molecule has 3 nitrogen and oxygen atoms in total. The Morgan fingerprint density at radius 1 is 1.35 bits per heavy atom. The first-order valence-electron chi connectivity index (χ1n) is 6.54. The molecule has 0 amide bonds. The van der Waals surface area contributed by atoms with Crippen LogP contribution in [-0.2, 0) is 9.53 Å². The zero-order valence-electron chi connectivity index (χ0n) is 10.3. The number of esters is 1. The molecule has 0 aromatic rings. The van der Waals surface area contributed by atoms with Gasteiger partial charge in [0.25, 0.3) is 0 Å². The Balaban J connectivity index is 1.95. The Labute approximate surface area is 102 Å². The highest BCUT2D eigenvalue weighted by Crippen LogP contribution is 2.61. The maximum atomic E-state index is 11.5. The summed E-state index contributed by atoms with van der Waals surface area (Å²) in [5.74, 6) is 1.16. The van der Waals surface area contributed by atoms with Crippen LogP contribution in [0, 0.1) is 17.8 Å². The summed E-state index contributed by atoms with van der Waals surface area (Å²) in [5.41, 5.74) is -1.51. The van der Waals surface area contributed by atoms with Crippen molar-refractivity contribution in [1.82, 2.24) is 0 Å². The average Bonchev–Trinajstić information content (AvgIpc) is 2.25. The molecule has 3 heteroatoms. The number of carbonyl (C=O) groups is 1. The Morgan fingerprint density at radius 2 is 1.94 bits per heavy atom. The number of hydrogen-bond donors (Lipinski definition) is 1. The fraction of sp³-hybridized carbons (Fsp3) is 0.786. The minimum atomic E-state index is -0.862. The Morgan fingerprint density at radius 3 is 2.47 bits per heavy atom. The van der Waals surface area contributed by atoms with E-state index in [2.05, 4.69) is 6.58 Å². The largest absolute Gasteiger partial charge is 0.453 e. The maximum Gasteiger partial charge on any atom is 0.330 e. The van der Waals surface area contributed by atoms with Crippen LogP contribution in [0.3, 0.4) is 0 Å². The molecule has 0 heterocycles. The Hall–Kier alpha value is -0.830. The van der Waals surface area contributed by atoms with Crippen LogP contribution in [0.15, 0.2) is 12.7 Å². The third-order valence-electron chi connectivity index (χ3n) is 5.32. The normalized spacial score (nSPS) is 51.3. The van der Waals surface area contributed by atoms with E-state index in [4.69, 9.17) is 4.74 Å². The van der Waals surface area contributed by atoms with Crippen LogP contribution in [-0.4, -0.2) is 22.3 Å². The van der Waals surface area contributed by atoms with Crippen LogP contribution < -0.4 is 0 Å². The van der Waals surface area contributed by atoms with Crippen LogP contribution in [0.5, 0.6) is 0 Å². The fourth-order valence-corrected chi connectivity index (χ4v) is 4.58. The molecular formula is C14H20O3. The highest BCUT2D eigenvalue weighted by atomic mass is 16.6. The molecule has 0 aliphatic heterocycles. The monoisotopic (exact) mass is 236 g/mol. The van der Waals surface area contributed by atoms with Gasteiger partial charge in [0.1, 0.15) is 11.2 Å². The van der Waals surface area contributed by atoms with E-state index in [9.17, 15) is 9.90 Å². The Bertz CT molecular complexity index is 358. The molecular weight excluding hydrogens is 216 g/mol. The van der Waals surface area contributed by atoms with Crippen molar-refractivity contribution in [3.8, 4) is 0 Å². The summed E-state index contributed by atoms with van der Waals surface area (Å²) in [6, 6.07) is 0. The molecule has 3 unspecified atom stereocenters. The van der Waals surface area contributed by atoms with Gasteiger partial charge < -0.3 is 9.84 Å². The van der Waals surface area contributed by atoms with Crippen molar-refractivity contribution in [2.45, 2.75) is 50.2 Å². The van der Waals surface area contributed by atoms with Crippen molar-refractivity contribution in [3.63, 3.8) is 0 Å². The first-order chi connectivity index (χ1) is 7.97. The molecule has 4 aliphatic carbocycles. The molecule has 0 spiro atoms. The summed E-state index contributed by atoms with van der Waals surface area (Å²) >= 11 is 0. The summed E-state index contributed by atoms with van der Waals surface area (Å²) in [4.78, 5) is 11.5. The van der Waals surface area contributed by atoms with E-state index in [1.54, 1.807) is 0 Å². The van der Waals surface area contributed by atoms with Crippen LogP contribution in [0.25, 0.3) is 0 Å². The van der Waals surface area contributed by atoms with E-state index >= 15 is 0 Å². The molecule has 0 radical (unpaired) electrons. The quantitative estimate of drug-likeness (QED) is 0.589. The lowest BCUT2D eigenvalue weighted by Gasteiger charge is -2.63. The van der Waals surface area contributed by atoms with Gasteiger partial charge in [-0.2, -0.15) is 0 Å². The third kappa shape index (κ3) is 1.41. The molecule has 0 saturated heterocycles. The third-order valence-corrected chi connectivity index (χ3v) is 5.32. The minimum absolute atomic E-state index is 0.298. The molecule has 0 aromatic carbocycles. The zero-order chi connectivity index (χ0) is 12.3. The van der Waals surface area contributed by atoms with E-state index in [1.165, 1.54) is 12.5 Å². The van der Waals surface area contributed by atoms with Gasteiger partial charge in [-0.25, -0.2) is 4.79 Å². The lowest BCUT2D eigenvalue weighted by atomic mass is 9.48. The summed E-state index contributed by atoms with van der Waals surface area (Å²) in [6.45, 7) is 5.30. The lowest BCUT2D eigenvalue weighted by molar-refractivity contribution is -0.266. The molecule has 4 rings (SSSR count). The summed E-state index contributed by atoms with van der Waals surface area (Å²) in [7, 11) is 0. The zero-order valence-corrected chi connectivity index (χ0v) is 10.3. The topological polar surface area (TPSA) is 46.5 Å². The molecule has 17 heavy (non-hydrogen) atoms. The number of rotatable bonds is 2. The number of ether oxygens (including phenoxy) is 1. The van der Waals surface area contributed by atoms with Crippen molar-refractivity contribution in [1.29, 1.82) is 0 Å². The Kier molecular flexibility index (Phi) is 2.22. The SMILES string of the molecule is C=CC(=O)OC12CC3CC(CC(C3)C1(C)O)C2. The number of aliphatic hydroxyl groups is 1. The fourth-order valence-electron chi connectivity index (χ4n) is 4.58. The van der Waals surface area contributed by atoms with E-state index in [0.29, 0.717) is 17.8 Å². The number of carbonyl (C=O) groups excluding carboxylic acids is 1. The van der Waals surface area contributed by atoms with Crippen LogP contribution in [0.4, 0.5) is 0 Å². The van der Waals surface area contributed by atoms with Gasteiger partial charge in [0.05, 0.1) is 0 Å². The number of hydrogen-bond acceptors (Lipinski definition) is 3. The van der Waals surface area contributed by atoms with Gasteiger partial charge in [-0.05, 0) is 56.8 Å². The smallest absolute Gasteiger partial charge is 0.330 e. The molecule has 4 bridgehead atoms. The van der Waals surface area contributed by atoms with E-state index in [0.717, 1.165) is 25.7 Å². The van der Waals surface area contributed by atoms with Gasteiger partial charge in [-0.3, -0.25) is 0 Å². The van der Waals surface area contributed by atoms with Gasteiger partial charge in [-0.1, -0.05) is 6.58 Å². The van der Waals surface area contributed by atoms with Crippen molar-refractivity contribution >= 4 is 5.97 Å². The van der Waals surface area contributed by atoms with Gasteiger partial charge in [0.2, 0.25) is 0 Å². The van der Waals surface area contributed by atoms with Crippen LogP contribution >= 0.6 is 0 Å². The molecule has 1 N–H and O–H groups in total. The van der Waals surface area contributed by atoms with Crippen LogP contribution in [0.1, 0.15) is 39.0 Å². The summed E-state index contributed by atoms with van der Waals surface area (Å²) in [5, 5.41) is 10.8. The predicted molar refractivity (Wildman–Crippen MR) is 63.2 cm³/mol.